The summed E-state index contributed by atoms with van der Waals surface area (Å²) in [6.07, 6.45) is 6.81. The Bertz CT molecular complexity index is 497. The van der Waals surface area contributed by atoms with Crippen LogP contribution < -0.4 is 0 Å². The summed E-state index contributed by atoms with van der Waals surface area (Å²) in [6, 6.07) is 3.78. The van der Waals surface area contributed by atoms with E-state index in [2.05, 4.69) is 5.92 Å². The van der Waals surface area contributed by atoms with Crippen molar-refractivity contribution < 1.29 is 9.59 Å². The van der Waals surface area contributed by atoms with Crippen LogP contribution in [0.5, 0.6) is 0 Å². The van der Waals surface area contributed by atoms with E-state index in [0.29, 0.717) is 4.91 Å². The van der Waals surface area contributed by atoms with E-state index in [1.165, 1.54) is 11.3 Å². The van der Waals surface area contributed by atoms with Gasteiger partial charge in [-0.1, -0.05) is 12.0 Å². The summed E-state index contributed by atoms with van der Waals surface area (Å²) in [4.78, 5) is 25.7. The Morgan fingerprint density at radius 1 is 1.50 bits per heavy atom. The van der Waals surface area contributed by atoms with Crippen molar-refractivity contribution in [1.29, 1.82) is 0 Å². The van der Waals surface area contributed by atoms with E-state index in [9.17, 15) is 9.59 Å². The molecule has 16 heavy (non-hydrogen) atoms. The van der Waals surface area contributed by atoms with Crippen LogP contribution >= 0.6 is 23.1 Å². The van der Waals surface area contributed by atoms with Gasteiger partial charge in [-0.25, -0.2) is 0 Å². The number of rotatable bonds is 2. The maximum Gasteiger partial charge on any atom is 0.294 e. The minimum absolute atomic E-state index is 0.0342. The van der Waals surface area contributed by atoms with E-state index < -0.39 is 0 Å². The predicted molar refractivity (Wildman–Crippen MR) is 65.8 cm³/mol. The summed E-state index contributed by atoms with van der Waals surface area (Å²) in [5, 5.41) is 1.61. The third kappa shape index (κ3) is 2.03. The largest absolute Gasteiger partial charge is 0.294 e. The predicted octanol–water partition coefficient (Wildman–Crippen LogP) is 2.42. The summed E-state index contributed by atoms with van der Waals surface area (Å²) in [5.41, 5.74) is 0. The highest BCUT2D eigenvalue weighted by molar-refractivity contribution is 8.18. The molecule has 1 aromatic rings. The number of carbonyl (C=O) groups is 2. The van der Waals surface area contributed by atoms with E-state index in [0.717, 1.165) is 21.5 Å². The normalized spacial score (nSPS) is 18.2. The van der Waals surface area contributed by atoms with E-state index in [4.69, 9.17) is 6.42 Å². The molecule has 0 aromatic carbocycles. The standard InChI is InChI=1S/C11H7NO2S2/c1-2-5-12-10(13)9(16-11(12)14)7-8-4-3-6-15-8/h1,3-4,6-7H,5H2/b9-7-. The second-order valence-corrected chi connectivity index (χ2v) is 4.96. The quantitative estimate of drug-likeness (QED) is 0.596. The first-order chi connectivity index (χ1) is 7.72. The molecular formula is C11H7NO2S2. The van der Waals surface area contributed by atoms with Crippen molar-refractivity contribution in [2.24, 2.45) is 0 Å². The summed E-state index contributed by atoms with van der Waals surface area (Å²) in [5.74, 6) is 1.99. The molecule has 0 spiro atoms. The zero-order chi connectivity index (χ0) is 11.5. The van der Waals surface area contributed by atoms with Crippen molar-refractivity contribution in [3.05, 3.63) is 27.3 Å². The van der Waals surface area contributed by atoms with E-state index in [1.54, 1.807) is 6.08 Å². The fraction of sp³-hybridized carbons (Fsp3) is 0.0909. The van der Waals surface area contributed by atoms with Gasteiger partial charge < -0.3 is 0 Å². The average Bonchev–Trinajstić information content (AvgIpc) is 2.84. The van der Waals surface area contributed by atoms with Gasteiger partial charge in [-0.2, -0.15) is 0 Å². The Balaban J connectivity index is 2.24. The number of carbonyl (C=O) groups excluding carboxylic acids is 2. The molecule has 2 rings (SSSR count). The number of terminal acetylenes is 1. The van der Waals surface area contributed by atoms with E-state index in [-0.39, 0.29) is 17.7 Å². The van der Waals surface area contributed by atoms with E-state index in [1.807, 2.05) is 17.5 Å². The zero-order valence-electron chi connectivity index (χ0n) is 8.17. The Morgan fingerprint density at radius 3 is 2.94 bits per heavy atom. The number of hydrogen-bond acceptors (Lipinski definition) is 4. The smallest absolute Gasteiger partial charge is 0.268 e. The third-order valence-electron chi connectivity index (χ3n) is 1.94. The van der Waals surface area contributed by atoms with Crippen LogP contribution in [-0.2, 0) is 4.79 Å². The van der Waals surface area contributed by atoms with Gasteiger partial charge in [0.25, 0.3) is 11.1 Å². The molecular weight excluding hydrogens is 242 g/mol. The van der Waals surface area contributed by atoms with Gasteiger partial charge in [0.1, 0.15) is 0 Å². The van der Waals surface area contributed by atoms with Crippen molar-refractivity contribution in [2.45, 2.75) is 0 Å². The molecule has 0 saturated carbocycles. The van der Waals surface area contributed by atoms with Gasteiger partial charge in [0, 0.05) is 4.88 Å². The number of thioether (sulfide) groups is 1. The maximum absolute atomic E-state index is 11.8. The van der Waals surface area contributed by atoms with Crippen LogP contribution in [0.4, 0.5) is 4.79 Å². The molecule has 1 fully saturated rings. The highest BCUT2D eigenvalue weighted by Crippen LogP contribution is 2.32. The van der Waals surface area contributed by atoms with E-state index >= 15 is 0 Å². The summed E-state index contributed by atoms with van der Waals surface area (Å²) >= 11 is 2.45. The number of nitrogens with zero attached hydrogens (tertiary/aromatic N) is 1. The maximum atomic E-state index is 11.8. The second kappa shape index (κ2) is 4.56. The molecule has 1 saturated heterocycles. The number of imide groups is 1. The lowest BCUT2D eigenvalue weighted by atomic mass is 10.4. The number of amides is 2. The van der Waals surface area contributed by atoms with Crippen LogP contribution in [0, 0.1) is 12.3 Å². The van der Waals surface area contributed by atoms with Crippen LogP contribution in [0.3, 0.4) is 0 Å². The molecule has 1 aliphatic heterocycles. The molecule has 3 nitrogen and oxygen atoms in total. The van der Waals surface area contributed by atoms with Crippen molar-refractivity contribution >= 4 is 40.3 Å². The highest BCUT2D eigenvalue weighted by atomic mass is 32.2. The fourth-order valence-electron chi connectivity index (χ4n) is 1.23. The van der Waals surface area contributed by atoms with Crippen LogP contribution in [0.15, 0.2) is 22.4 Å². The first-order valence-corrected chi connectivity index (χ1v) is 6.14. The second-order valence-electron chi connectivity index (χ2n) is 2.99. The van der Waals surface area contributed by atoms with Crippen LogP contribution in [-0.4, -0.2) is 22.6 Å². The highest BCUT2D eigenvalue weighted by Gasteiger charge is 2.34. The van der Waals surface area contributed by atoms with Crippen molar-refractivity contribution in [3.8, 4) is 12.3 Å². The summed E-state index contributed by atoms with van der Waals surface area (Å²) < 4.78 is 0. The molecule has 80 valence electrons. The van der Waals surface area contributed by atoms with Crippen LogP contribution in [0.2, 0.25) is 0 Å². The Kier molecular flexibility index (Phi) is 3.13. The van der Waals surface area contributed by atoms with Gasteiger partial charge in [-0.3, -0.25) is 14.5 Å². The average molecular weight is 249 g/mol. The zero-order valence-corrected chi connectivity index (χ0v) is 9.81. The Morgan fingerprint density at radius 2 is 2.31 bits per heavy atom. The Hall–Kier alpha value is -1.51. The van der Waals surface area contributed by atoms with Gasteiger partial charge in [0.05, 0.1) is 11.4 Å². The molecule has 2 heterocycles. The first-order valence-electron chi connectivity index (χ1n) is 4.44. The lowest BCUT2D eigenvalue weighted by Crippen LogP contribution is -2.28. The monoisotopic (exact) mass is 249 g/mol. The minimum atomic E-state index is -0.304. The fourth-order valence-corrected chi connectivity index (χ4v) is 2.79. The molecule has 0 bridgehead atoms. The summed E-state index contributed by atoms with van der Waals surface area (Å²) in [6.45, 7) is 0.0342. The van der Waals surface area contributed by atoms with Gasteiger partial charge >= 0.3 is 0 Å². The molecule has 0 aliphatic carbocycles. The van der Waals surface area contributed by atoms with Crippen LogP contribution in [0.1, 0.15) is 4.88 Å². The van der Waals surface area contributed by atoms with Gasteiger partial charge in [0.15, 0.2) is 0 Å². The Labute approximate surface area is 101 Å². The summed E-state index contributed by atoms with van der Waals surface area (Å²) in [7, 11) is 0. The van der Waals surface area contributed by atoms with Crippen molar-refractivity contribution in [2.75, 3.05) is 6.54 Å². The molecule has 0 N–H and O–H groups in total. The van der Waals surface area contributed by atoms with Gasteiger partial charge in [-0.15, -0.1) is 17.8 Å². The van der Waals surface area contributed by atoms with Gasteiger partial charge in [0.2, 0.25) is 0 Å². The first kappa shape index (κ1) is 11.0. The minimum Gasteiger partial charge on any atom is -0.268 e. The molecule has 0 unspecified atom stereocenters. The SMILES string of the molecule is C#CCN1C(=O)S/C(=C\c2cccs2)C1=O. The van der Waals surface area contributed by atoms with Crippen LogP contribution in [0.25, 0.3) is 6.08 Å². The molecule has 2 amide bonds. The number of thiophene rings is 1. The topological polar surface area (TPSA) is 37.4 Å². The lowest BCUT2D eigenvalue weighted by molar-refractivity contribution is -0.122. The molecule has 0 radical (unpaired) electrons. The van der Waals surface area contributed by atoms with Crippen molar-refractivity contribution in [1.82, 2.24) is 4.90 Å². The molecule has 0 atom stereocenters. The third-order valence-corrected chi connectivity index (χ3v) is 3.67. The molecule has 1 aliphatic rings. The lowest BCUT2D eigenvalue weighted by Gasteiger charge is -2.06. The van der Waals surface area contributed by atoms with Crippen molar-refractivity contribution in [3.63, 3.8) is 0 Å². The van der Waals surface area contributed by atoms with Gasteiger partial charge in [-0.05, 0) is 29.3 Å². The molecule has 1 aromatic heterocycles. The number of hydrogen-bond donors (Lipinski definition) is 0. The molecule has 5 heteroatoms.